The fraction of sp³-hybridized carbons (Fsp3) is 0.500. The van der Waals surface area contributed by atoms with Crippen LogP contribution < -0.4 is 11.1 Å². The minimum Gasteiger partial charge on any atom is -0.351 e. The van der Waals surface area contributed by atoms with Crippen molar-refractivity contribution >= 4 is 29.7 Å². The van der Waals surface area contributed by atoms with E-state index in [0.29, 0.717) is 13.0 Å². The molecular weight excluding hydrogens is 232 g/mol. The van der Waals surface area contributed by atoms with E-state index in [4.69, 9.17) is 5.73 Å². The molecule has 0 aliphatic carbocycles. The molecule has 0 aromatic carbocycles. The van der Waals surface area contributed by atoms with Gasteiger partial charge in [-0.1, -0.05) is 6.07 Å². The first kappa shape index (κ1) is 14.4. The van der Waals surface area contributed by atoms with Crippen LogP contribution in [0.3, 0.4) is 0 Å². The molecular formula is C10H17ClN2OS. The Labute approximate surface area is 100 Å². The normalized spacial score (nSPS) is 11.6. The number of thiophene rings is 1. The van der Waals surface area contributed by atoms with Gasteiger partial charge in [-0.05, 0) is 24.8 Å². The average molecular weight is 249 g/mol. The highest BCUT2D eigenvalue weighted by atomic mass is 35.5. The van der Waals surface area contributed by atoms with E-state index in [1.807, 2.05) is 24.4 Å². The van der Waals surface area contributed by atoms with Gasteiger partial charge >= 0.3 is 0 Å². The summed E-state index contributed by atoms with van der Waals surface area (Å²) in [6.45, 7) is 2.54. The summed E-state index contributed by atoms with van der Waals surface area (Å²) < 4.78 is 0. The van der Waals surface area contributed by atoms with Gasteiger partial charge in [-0.3, -0.25) is 4.79 Å². The lowest BCUT2D eigenvalue weighted by atomic mass is 10.2. The molecule has 0 aliphatic heterocycles. The zero-order valence-corrected chi connectivity index (χ0v) is 10.4. The summed E-state index contributed by atoms with van der Waals surface area (Å²) in [6, 6.07) is 4.09. The third-order valence-corrected chi connectivity index (χ3v) is 2.74. The zero-order valence-electron chi connectivity index (χ0n) is 8.73. The van der Waals surface area contributed by atoms with Crippen LogP contribution in [0.15, 0.2) is 17.5 Å². The lowest BCUT2D eigenvalue weighted by Crippen LogP contribution is -2.25. The maximum Gasteiger partial charge on any atom is 0.220 e. The van der Waals surface area contributed by atoms with Crippen LogP contribution in [-0.2, 0) is 11.3 Å². The van der Waals surface area contributed by atoms with Crippen LogP contribution in [0.25, 0.3) is 0 Å². The van der Waals surface area contributed by atoms with Gasteiger partial charge in [-0.2, -0.15) is 0 Å². The molecule has 3 nitrogen and oxygen atoms in total. The number of hydrogen-bond acceptors (Lipinski definition) is 3. The number of rotatable bonds is 5. The second-order valence-corrected chi connectivity index (χ2v) is 4.40. The summed E-state index contributed by atoms with van der Waals surface area (Å²) in [5.41, 5.74) is 5.55. The van der Waals surface area contributed by atoms with Crippen molar-refractivity contribution in [3.63, 3.8) is 0 Å². The predicted octanol–water partition coefficient (Wildman–Crippen LogP) is 1.91. The molecule has 0 aliphatic rings. The van der Waals surface area contributed by atoms with E-state index < -0.39 is 0 Å². The van der Waals surface area contributed by atoms with Crippen LogP contribution in [0.1, 0.15) is 24.6 Å². The maximum absolute atomic E-state index is 11.3. The first-order valence-electron chi connectivity index (χ1n) is 4.73. The Morgan fingerprint density at radius 2 is 2.40 bits per heavy atom. The Balaban J connectivity index is 0.00000196. The molecule has 15 heavy (non-hydrogen) atoms. The van der Waals surface area contributed by atoms with Crippen molar-refractivity contribution in [3.8, 4) is 0 Å². The number of nitrogens with two attached hydrogens (primary N) is 1. The number of amides is 1. The number of halogens is 1. The van der Waals surface area contributed by atoms with Gasteiger partial charge in [0.1, 0.15) is 0 Å². The molecule has 0 spiro atoms. The van der Waals surface area contributed by atoms with E-state index in [-0.39, 0.29) is 24.4 Å². The molecule has 1 aromatic heterocycles. The van der Waals surface area contributed by atoms with E-state index in [0.717, 1.165) is 6.42 Å². The van der Waals surface area contributed by atoms with E-state index in [2.05, 4.69) is 5.32 Å². The molecule has 0 bridgehead atoms. The summed E-state index contributed by atoms with van der Waals surface area (Å²) in [7, 11) is 0. The second kappa shape index (κ2) is 7.68. The Hall–Kier alpha value is -0.580. The number of nitrogens with one attached hydrogen (secondary N) is 1. The van der Waals surface area contributed by atoms with Gasteiger partial charge in [0, 0.05) is 17.3 Å². The highest BCUT2D eigenvalue weighted by Crippen LogP contribution is 2.07. The molecule has 0 saturated carbocycles. The van der Waals surface area contributed by atoms with Crippen molar-refractivity contribution in [2.45, 2.75) is 32.4 Å². The molecule has 1 atom stereocenters. The van der Waals surface area contributed by atoms with Crippen molar-refractivity contribution in [1.29, 1.82) is 0 Å². The number of hydrogen-bond donors (Lipinski definition) is 2. The van der Waals surface area contributed by atoms with Gasteiger partial charge in [0.15, 0.2) is 0 Å². The van der Waals surface area contributed by atoms with E-state index in [9.17, 15) is 4.79 Å². The lowest BCUT2D eigenvalue weighted by Gasteiger charge is -2.05. The largest absolute Gasteiger partial charge is 0.351 e. The van der Waals surface area contributed by atoms with Gasteiger partial charge in [-0.25, -0.2) is 0 Å². The standard InChI is InChI=1S/C10H16N2OS.ClH/c1-8(11)4-5-10(13)12-7-9-3-2-6-14-9;/h2-3,6,8H,4-5,7,11H2,1H3,(H,12,13);1H. The topological polar surface area (TPSA) is 55.1 Å². The highest BCUT2D eigenvalue weighted by molar-refractivity contribution is 7.09. The molecule has 1 heterocycles. The first-order valence-corrected chi connectivity index (χ1v) is 5.61. The van der Waals surface area contributed by atoms with Gasteiger partial charge in [-0.15, -0.1) is 23.7 Å². The third-order valence-electron chi connectivity index (χ3n) is 1.87. The van der Waals surface area contributed by atoms with Gasteiger partial charge in [0.25, 0.3) is 0 Å². The van der Waals surface area contributed by atoms with Gasteiger partial charge < -0.3 is 11.1 Å². The molecule has 1 aromatic rings. The SMILES string of the molecule is CC(N)CCC(=O)NCc1cccs1.Cl. The summed E-state index contributed by atoms with van der Waals surface area (Å²) in [5.74, 6) is 0.0794. The first-order chi connectivity index (χ1) is 6.68. The molecule has 0 radical (unpaired) electrons. The minimum absolute atomic E-state index is 0. The Bertz CT molecular complexity index is 275. The summed E-state index contributed by atoms with van der Waals surface area (Å²) in [5, 5.41) is 4.86. The average Bonchev–Trinajstić information content (AvgIpc) is 2.63. The van der Waals surface area contributed by atoms with Gasteiger partial charge in [0.05, 0.1) is 6.54 Å². The van der Waals surface area contributed by atoms with Crippen molar-refractivity contribution < 1.29 is 4.79 Å². The van der Waals surface area contributed by atoms with Crippen molar-refractivity contribution in [2.75, 3.05) is 0 Å². The van der Waals surface area contributed by atoms with E-state index >= 15 is 0 Å². The van der Waals surface area contributed by atoms with Crippen LogP contribution in [-0.4, -0.2) is 11.9 Å². The molecule has 0 saturated heterocycles. The predicted molar refractivity (Wildman–Crippen MR) is 66.3 cm³/mol. The quantitative estimate of drug-likeness (QED) is 0.837. The Morgan fingerprint density at radius 3 is 2.93 bits per heavy atom. The molecule has 3 N–H and O–H groups in total. The summed E-state index contributed by atoms with van der Waals surface area (Å²) in [6.07, 6.45) is 1.26. The van der Waals surface area contributed by atoms with Gasteiger partial charge in [0.2, 0.25) is 5.91 Å². The molecule has 1 amide bonds. The van der Waals surface area contributed by atoms with Crippen LogP contribution in [0.5, 0.6) is 0 Å². The smallest absolute Gasteiger partial charge is 0.220 e. The molecule has 0 fully saturated rings. The molecule has 86 valence electrons. The molecule has 1 rings (SSSR count). The fourth-order valence-corrected chi connectivity index (χ4v) is 1.69. The third kappa shape index (κ3) is 6.49. The van der Waals surface area contributed by atoms with Crippen LogP contribution in [0.4, 0.5) is 0 Å². The Kier molecular flexibility index (Phi) is 7.38. The zero-order chi connectivity index (χ0) is 10.4. The van der Waals surface area contributed by atoms with Crippen molar-refractivity contribution in [2.24, 2.45) is 5.73 Å². The highest BCUT2D eigenvalue weighted by Gasteiger charge is 2.03. The van der Waals surface area contributed by atoms with Crippen molar-refractivity contribution in [3.05, 3.63) is 22.4 Å². The fourth-order valence-electron chi connectivity index (χ4n) is 1.05. The monoisotopic (exact) mass is 248 g/mol. The minimum atomic E-state index is 0. The van der Waals surface area contributed by atoms with Crippen LogP contribution in [0.2, 0.25) is 0 Å². The summed E-state index contributed by atoms with van der Waals surface area (Å²) >= 11 is 1.65. The second-order valence-electron chi connectivity index (χ2n) is 3.37. The van der Waals surface area contributed by atoms with Crippen LogP contribution in [0, 0.1) is 0 Å². The Morgan fingerprint density at radius 1 is 1.67 bits per heavy atom. The lowest BCUT2D eigenvalue weighted by molar-refractivity contribution is -0.121. The molecule has 1 unspecified atom stereocenters. The van der Waals surface area contributed by atoms with Crippen LogP contribution >= 0.6 is 23.7 Å². The van der Waals surface area contributed by atoms with Crippen molar-refractivity contribution in [1.82, 2.24) is 5.32 Å². The summed E-state index contributed by atoms with van der Waals surface area (Å²) in [4.78, 5) is 12.5. The maximum atomic E-state index is 11.3. The van der Waals surface area contributed by atoms with E-state index in [1.165, 1.54) is 4.88 Å². The van der Waals surface area contributed by atoms with E-state index in [1.54, 1.807) is 11.3 Å². The molecule has 5 heteroatoms. The number of carbonyl (C=O) groups excluding carboxylic acids is 1. The number of carbonyl (C=O) groups is 1.